The number of benzene rings is 1. The van der Waals surface area contributed by atoms with Gasteiger partial charge in [0.15, 0.2) is 0 Å². The Bertz CT molecular complexity index is 641. The molecule has 1 aromatic rings. The van der Waals surface area contributed by atoms with E-state index < -0.39 is 0 Å². The van der Waals surface area contributed by atoms with Crippen LogP contribution in [0.25, 0.3) is 0 Å². The molecule has 0 bridgehead atoms. The van der Waals surface area contributed by atoms with Crippen LogP contribution >= 0.6 is 0 Å². The minimum Gasteiger partial charge on any atom is -0.457 e. The molecular weight excluding hydrogens is 392 g/mol. The van der Waals surface area contributed by atoms with Crippen LogP contribution < -0.4 is 0 Å². The third-order valence-electron chi connectivity index (χ3n) is 8.09. The van der Waals surface area contributed by atoms with E-state index in [1.807, 2.05) is 0 Å². The molecule has 0 amide bonds. The standard InChI is InChI=1S/C30H48O2/c1-3-5-7-9-10-12-14-28-23-29(32-30(28)31)27-21-19-26(20-22-27)25-17-15-24(16-18-25)13-11-8-6-4-2/h19-22,24-25,28-29H,3-18,23H2,1-2H3. The van der Waals surface area contributed by atoms with Gasteiger partial charge in [-0.2, -0.15) is 0 Å². The van der Waals surface area contributed by atoms with Crippen LogP contribution in [0.3, 0.4) is 0 Å². The van der Waals surface area contributed by atoms with E-state index in [9.17, 15) is 4.79 Å². The van der Waals surface area contributed by atoms with Gasteiger partial charge in [-0.3, -0.25) is 4.79 Å². The van der Waals surface area contributed by atoms with E-state index in [-0.39, 0.29) is 18.0 Å². The molecule has 1 aromatic carbocycles. The Morgan fingerprint density at radius 3 is 1.97 bits per heavy atom. The molecule has 2 aliphatic rings. The maximum absolute atomic E-state index is 12.4. The molecule has 2 fully saturated rings. The van der Waals surface area contributed by atoms with Crippen molar-refractivity contribution in [3.8, 4) is 0 Å². The second-order valence-corrected chi connectivity index (χ2v) is 10.6. The van der Waals surface area contributed by atoms with Gasteiger partial charge in [-0.25, -0.2) is 0 Å². The number of rotatable bonds is 14. The molecule has 1 aliphatic heterocycles. The van der Waals surface area contributed by atoms with E-state index in [0.717, 1.165) is 31.1 Å². The van der Waals surface area contributed by atoms with Crippen LogP contribution in [-0.2, 0) is 9.53 Å². The minimum atomic E-state index is -0.0273. The summed E-state index contributed by atoms with van der Waals surface area (Å²) in [5, 5.41) is 0. The van der Waals surface area contributed by atoms with Gasteiger partial charge < -0.3 is 4.74 Å². The fourth-order valence-electron chi connectivity index (χ4n) is 5.88. The Balaban J connectivity index is 1.39. The maximum Gasteiger partial charge on any atom is 0.309 e. The zero-order chi connectivity index (χ0) is 22.6. The predicted molar refractivity (Wildman–Crippen MR) is 135 cm³/mol. The molecule has 1 aliphatic carbocycles. The number of unbranched alkanes of at least 4 members (excludes halogenated alkanes) is 8. The largest absolute Gasteiger partial charge is 0.457 e. The Labute approximate surface area is 197 Å². The lowest BCUT2D eigenvalue weighted by Crippen LogP contribution is -2.13. The van der Waals surface area contributed by atoms with Crippen molar-refractivity contribution in [3.05, 3.63) is 35.4 Å². The number of esters is 1. The van der Waals surface area contributed by atoms with E-state index in [1.54, 1.807) is 0 Å². The van der Waals surface area contributed by atoms with Crippen molar-refractivity contribution in [2.24, 2.45) is 11.8 Å². The molecule has 2 nitrogen and oxygen atoms in total. The Morgan fingerprint density at radius 2 is 1.28 bits per heavy atom. The van der Waals surface area contributed by atoms with Crippen molar-refractivity contribution in [1.29, 1.82) is 0 Å². The van der Waals surface area contributed by atoms with Gasteiger partial charge in [0.1, 0.15) is 6.10 Å². The van der Waals surface area contributed by atoms with Crippen LogP contribution in [0.15, 0.2) is 24.3 Å². The van der Waals surface area contributed by atoms with Gasteiger partial charge in [0, 0.05) is 6.42 Å². The van der Waals surface area contributed by atoms with Crippen molar-refractivity contribution in [2.45, 2.75) is 135 Å². The van der Waals surface area contributed by atoms with Gasteiger partial charge in [0.25, 0.3) is 0 Å². The first kappa shape index (κ1) is 25.3. The summed E-state index contributed by atoms with van der Waals surface area (Å²) in [6.45, 7) is 4.55. The molecule has 0 radical (unpaired) electrons. The summed E-state index contributed by atoms with van der Waals surface area (Å²) in [4.78, 5) is 12.4. The lowest BCUT2D eigenvalue weighted by molar-refractivity contribution is -0.144. The topological polar surface area (TPSA) is 26.3 Å². The van der Waals surface area contributed by atoms with Gasteiger partial charge in [0.05, 0.1) is 5.92 Å². The van der Waals surface area contributed by atoms with Crippen molar-refractivity contribution >= 4 is 5.97 Å². The number of carbonyl (C=O) groups excluding carboxylic acids is 1. The highest BCUT2D eigenvalue weighted by molar-refractivity contribution is 5.74. The molecule has 2 atom stereocenters. The number of cyclic esters (lactones) is 1. The Kier molecular flexibility index (Phi) is 11.1. The number of ether oxygens (including phenoxy) is 1. The van der Waals surface area contributed by atoms with E-state index in [2.05, 4.69) is 38.1 Å². The second-order valence-electron chi connectivity index (χ2n) is 10.6. The molecule has 0 N–H and O–H groups in total. The molecule has 3 rings (SSSR count). The lowest BCUT2D eigenvalue weighted by atomic mass is 9.77. The Morgan fingerprint density at radius 1 is 0.719 bits per heavy atom. The van der Waals surface area contributed by atoms with Crippen molar-refractivity contribution in [2.75, 3.05) is 0 Å². The van der Waals surface area contributed by atoms with Gasteiger partial charge >= 0.3 is 5.97 Å². The molecule has 1 saturated heterocycles. The van der Waals surface area contributed by atoms with Crippen molar-refractivity contribution in [3.63, 3.8) is 0 Å². The van der Waals surface area contributed by atoms with Gasteiger partial charge in [0.2, 0.25) is 0 Å². The first-order valence-electron chi connectivity index (χ1n) is 14.0. The zero-order valence-electron chi connectivity index (χ0n) is 21.0. The summed E-state index contributed by atoms with van der Waals surface area (Å²) in [7, 11) is 0. The SMILES string of the molecule is CCCCCCCCC1CC(c2ccc(C3CCC(CCCCCC)CC3)cc2)OC1=O. The van der Waals surface area contributed by atoms with Crippen molar-refractivity contribution < 1.29 is 9.53 Å². The van der Waals surface area contributed by atoms with Crippen molar-refractivity contribution in [1.82, 2.24) is 0 Å². The number of hydrogen-bond donors (Lipinski definition) is 0. The predicted octanol–water partition coefficient (Wildman–Crippen LogP) is 9.29. The summed E-state index contributed by atoms with van der Waals surface area (Å²) >= 11 is 0. The lowest BCUT2D eigenvalue weighted by Gasteiger charge is -2.29. The third kappa shape index (κ3) is 7.92. The number of carbonyl (C=O) groups is 1. The molecule has 1 saturated carbocycles. The highest BCUT2D eigenvalue weighted by Crippen LogP contribution is 2.40. The molecular formula is C30H48O2. The third-order valence-corrected chi connectivity index (χ3v) is 8.09. The monoisotopic (exact) mass is 440 g/mol. The van der Waals surface area contributed by atoms with E-state index in [0.29, 0.717) is 0 Å². The first-order chi connectivity index (χ1) is 15.7. The van der Waals surface area contributed by atoms with Crippen LogP contribution in [0.1, 0.15) is 146 Å². The highest BCUT2D eigenvalue weighted by Gasteiger charge is 2.34. The van der Waals surface area contributed by atoms with Crippen LogP contribution in [0, 0.1) is 11.8 Å². The van der Waals surface area contributed by atoms with E-state index in [1.165, 1.54) is 101 Å². The quantitative estimate of drug-likeness (QED) is 0.213. The van der Waals surface area contributed by atoms with Gasteiger partial charge in [-0.05, 0) is 55.1 Å². The Hall–Kier alpha value is -1.31. The normalized spacial score (nSPS) is 25.8. The van der Waals surface area contributed by atoms with Gasteiger partial charge in [-0.15, -0.1) is 0 Å². The van der Waals surface area contributed by atoms with Crippen LogP contribution in [0.2, 0.25) is 0 Å². The molecule has 1 heterocycles. The second kappa shape index (κ2) is 14.1. The minimum absolute atomic E-state index is 0.0273. The summed E-state index contributed by atoms with van der Waals surface area (Å²) in [6, 6.07) is 9.10. The smallest absolute Gasteiger partial charge is 0.309 e. The first-order valence-corrected chi connectivity index (χ1v) is 14.0. The fraction of sp³-hybridized carbons (Fsp3) is 0.767. The fourth-order valence-corrected chi connectivity index (χ4v) is 5.88. The number of hydrogen-bond acceptors (Lipinski definition) is 2. The highest BCUT2D eigenvalue weighted by atomic mass is 16.6. The van der Waals surface area contributed by atoms with E-state index >= 15 is 0 Å². The maximum atomic E-state index is 12.4. The summed E-state index contributed by atoms with van der Waals surface area (Å²) in [6.07, 6.45) is 22.0. The van der Waals surface area contributed by atoms with E-state index in [4.69, 9.17) is 4.74 Å². The zero-order valence-corrected chi connectivity index (χ0v) is 21.0. The summed E-state index contributed by atoms with van der Waals surface area (Å²) < 4.78 is 5.77. The van der Waals surface area contributed by atoms with Gasteiger partial charge in [-0.1, -0.05) is 109 Å². The molecule has 32 heavy (non-hydrogen) atoms. The summed E-state index contributed by atoms with van der Waals surface area (Å²) in [5.41, 5.74) is 2.68. The van der Waals surface area contributed by atoms with Crippen LogP contribution in [0.5, 0.6) is 0 Å². The van der Waals surface area contributed by atoms with Crippen LogP contribution in [-0.4, -0.2) is 5.97 Å². The molecule has 180 valence electrons. The molecule has 0 aromatic heterocycles. The summed E-state index contributed by atoms with van der Waals surface area (Å²) in [5.74, 6) is 1.83. The molecule has 2 heteroatoms. The van der Waals surface area contributed by atoms with Crippen LogP contribution in [0.4, 0.5) is 0 Å². The molecule has 0 spiro atoms. The average molecular weight is 441 g/mol. The molecule has 2 unspecified atom stereocenters. The average Bonchev–Trinajstić information content (AvgIpc) is 3.20.